The van der Waals surface area contributed by atoms with Crippen LogP contribution in [0.5, 0.6) is 0 Å². The lowest BCUT2D eigenvalue weighted by Crippen LogP contribution is -2.36. The van der Waals surface area contributed by atoms with Gasteiger partial charge in [0.15, 0.2) is 5.65 Å². The Morgan fingerprint density at radius 3 is 2.50 bits per heavy atom. The van der Waals surface area contributed by atoms with E-state index >= 15 is 0 Å². The van der Waals surface area contributed by atoms with Gasteiger partial charge >= 0.3 is 0 Å². The molecule has 0 unspecified atom stereocenters. The number of hydrogen-bond donors (Lipinski definition) is 0. The third-order valence-corrected chi connectivity index (χ3v) is 5.88. The molecule has 1 amide bonds. The summed E-state index contributed by atoms with van der Waals surface area (Å²) in [6, 6.07) is 12.0. The molecule has 1 aromatic carbocycles. The molecule has 9 heteroatoms. The van der Waals surface area contributed by atoms with Crippen molar-refractivity contribution in [3.05, 3.63) is 86.8 Å². The maximum atomic E-state index is 13.3. The summed E-state index contributed by atoms with van der Waals surface area (Å²) in [5.41, 5.74) is 3.34. The number of aromatic nitrogens is 5. The van der Waals surface area contributed by atoms with Gasteiger partial charge in [-0.05, 0) is 45.1 Å². The number of aryl methyl sites for hydroxylation is 2. The van der Waals surface area contributed by atoms with Crippen LogP contribution in [0.3, 0.4) is 0 Å². The van der Waals surface area contributed by atoms with Crippen molar-refractivity contribution in [1.29, 1.82) is 0 Å². The van der Waals surface area contributed by atoms with Crippen molar-refractivity contribution in [3.8, 4) is 0 Å². The first-order valence-electron chi connectivity index (χ1n) is 10.3. The predicted molar refractivity (Wildman–Crippen MR) is 125 cm³/mol. The molecule has 0 N–H and O–H groups in total. The van der Waals surface area contributed by atoms with Gasteiger partial charge < -0.3 is 4.90 Å². The van der Waals surface area contributed by atoms with Gasteiger partial charge in [0.05, 0.1) is 0 Å². The molecule has 0 saturated heterocycles. The average molecular weight is 495 g/mol. The number of amides is 1. The molecule has 3 heterocycles. The number of hydrogen-bond acceptors (Lipinski definition) is 5. The largest absolute Gasteiger partial charge is 0.332 e. The molecule has 4 rings (SSSR count). The molecule has 0 aliphatic rings. The first-order valence-corrected chi connectivity index (χ1v) is 11.1. The number of pyridine rings is 1. The number of rotatable bonds is 7. The smallest absolute Gasteiger partial charge is 0.266 e. The van der Waals surface area contributed by atoms with E-state index in [-0.39, 0.29) is 18.0 Å². The zero-order valence-corrected chi connectivity index (χ0v) is 19.5. The van der Waals surface area contributed by atoms with Crippen molar-refractivity contribution < 1.29 is 4.79 Å². The Bertz CT molecular complexity index is 1300. The van der Waals surface area contributed by atoms with Crippen LogP contribution < -0.4 is 5.56 Å². The molecule has 4 aromatic rings. The van der Waals surface area contributed by atoms with Gasteiger partial charge in [-0.2, -0.15) is 5.10 Å². The quantitative estimate of drug-likeness (QED) is 0.394. The highest BCUT2D eigenvalue weighted by Crippen LogP contribution is 2.17. The summed E-state index contributed by atoms with van der Waals surface area (Å²) in [7, 11) is 1.72. The lowest BCUT2D eigenvalue weighted by atomic mass is 10.1. The Balaban J connectivity index is 1.62. The molecular formula is C23H23BrN6O2. The van der Waals surface area contributed by atoms with E-state index in [1.165, 1.54) is 21.1 Å². The summed E-state index contributed by atoms with van der Waals surface area (Å²) in [6.45, 7) is 2.81. The number of carbonyl (C=O) groups is 1. The van der Waals surface area contributed by atoms with Crippen molar-refractivity contribution in [2.45, 2.75) is 33.0 Å². The Labute approximate surface area is 193 Å². The summed E-state index contributed by atoms with van der Waals surface area (Å²) in [4.78, 5) is 36.5. The van der Waals surface area contributed by atoms with Crippen LogP contribution in [0.4, 0.5) is 0 Å². The normalized spacial score (nSPS) is 11.1. The maximum Gasteiger partial charge on any atom is 0.266 e. The van der Waals surface area contributed by atoms with Gasteiger partial charge in [-0.1, -0.05) is 37.3 Å². The van der Waals surface area contributed by atoms with Crippen LogP contribution in [0.2, 0.25) is 0 Å². The van der Waals surface area contributed by atoms with Gasteiger partial charge in [0.1, 0.15) is 22.9 Å². The minimum Gasteiger partial charge on any atom is -0.332 e. The number of benzene rings is 1. The summed E-state index contributed by atoms with van der Waals surface area (Å²) in [5, 5.41) is 4.55. The molecule has 0 aliphatic carbocycles. The number of halogens is 1. The van der Waals surface area contributed by atoms with Crippen molar-refractivity contribution >= 4 is 32.9 Å². The zero-order chi connectivity index (χ0) is 22.7. The van der Waals surface area contributed by atoms with Gasteiger partial charge in [0.25, 0.3) is 5.56 Å². The average Bonchev–Trinajstić information content (AvgIpc) is 3.10. The van der Waals surface area contributed by atoms with Gasteiger partial charge in [-0.3, -0.25) is 19.1 Å². The second-order valence-electron chi connectivity index (χ2n) is 7.57. The highest BCUT2D eigenvalue weighted by Gasteiger charge is 2.19. The SMILES string of the molecule is CCc1ccc(CN(Cc2cccnc2)C(=O)Cn2cnc3c(c(Br)nn3C)c2=O)cc1. The molecule has 0 fully saturated rings. The lowest BCUT2D eigenvalue weighted by molar-refractivity contribution is -0.133. The summed E-state index contributed by atoms with van der Waals surface area (Å²) < 4.78 is 3.27. The van der Waals surface area contributed by atoms with Crippen LogP contribution in [0.1, 0.15) is 23.6 Å². The number of fused-ring (bicyclic) bond motifs is 1. The summed E-state index contributed by atoms with van der Waals surface area (Å²) in [6.07, 6.45) is 5.80. The number of carbonyl (C=O) groups excluding carboxylic acids is 1. The van der Waals surface area contributed by atoms with E-state index in [0.717, 1.165) is 17.5 Å². The first kappa shape index (κ1) is 21.9. The molecule has 8 nitrogen and oxygen atoms in total. The highest BCUT2D eigenvalue weighted by atomic mass is 79.9. The van der Waals surface area contributed by atoms with Crippen LogP contribution >= 0.6 is 15.9 Å². The van der Waals surface area contributed by atoms with Gasteiger partial charge in [0.2, 0.25) is 5.91 Å². The number of nitrogens with zero attached hydrogens (tertiary/aromatic N) is 6. The fourth-order valence-corrected chi connectivity index (χ4v) is 4.12. The van der Waals surface area contributed by atoms with Gasteiger partial charge in [0, 0.05) is 32.5 Å². The molecule has 3 aromatic heterocycles. The lowest BCUT2D eigenvalue weighted by Gasteiger charge is -2.23. The van der Waals surface area contributed by atoms with E-state index in [2.05, 4.69) is 50.1 Å². The fraction of sp³-hybridized carbons (Fsp3) is 0.261. The Morgan fingerprint density at radius 1 is 1.09 bits per heavy atom. The van der Waals surface area contributed by atoms with Gasteiger partial charge in [-0.15, -0.1) is 0 Å². The van der Waals surface area contributed by atoms with Crippen LogP contribution in [0, 0.1) is 0 Å². The van der Waals surface area contributed by atoms with E-state index < -0.39 is 0 Å². The molecule has 0 saturated carbocycles. The predicted octanol–water partition coefficient (Wildman–Crippen LogP) is 3.08. The Morgan fingerprint density at radius 2 is 1.81 bits per heavy atom. The molecule has 164 valence electrons. The Hall–Kier alpha value is -3.33. The van der Waals surface area contributed by atoms with Crippen molar-refractivity contribution in [1.82, 2.24) is 29.2 Å². The summed E-state index contributed by atoms with van der Waals surface area (Å²) >= 11 is 3.31. The summed E-state index contributed by atoms with van der Waals surface area (Å²) in [5.74, 6) is -0.184. The Kier molecular flexibility index (Phi) is 6.45. The molecule has 32 heavy (non-hydrogen) atoms. The van der Waals surface area contributed by atoms with Gasteiger partial charge in [-0.25, -0.2) is 9.67 Å². The van der Waals surface area contributed by atoms with E-state index in [1.807, 2.05) is 24.3 Å². The van der Waals surface area contributed by atoms with Crippen LogP contribution in [0.15, 0.2) is 64.5 Å². The molecule has 0 bridgehead atoms. The molecule has 0 spiro atoms. The minimum absolute atomic E-state index is 0.115. The highest BCUT2D eigenvalue weighted by molar-refractivity contribution is 9.10. The van der Waals surface area contributed by atoms with E-state index in [9.17, 15) is 9.59 Å². The third kappa shape index (κ3) is 4.62. The zero-order valence-electron chi connectivity index (χ0n) is 17.9. The van der Waals surface area contributed by atoms with E-state index in [4.69, 9.17) is 0 Å². The van der Waals surface area contributed by atoms with E-state index in [1.54, 1.807) is 24.3 Å². The third-order valence-electron chi connectivity index (χ3n) is 5.33. The minimum atomic E-state index is -0.308. The van der Waals surface area contributed by atoms with E-state index in [0.29, 0.717) is 28.7 Å². The fourth-order valence-electron chi connectivity index (χ4n) is 3.54. The van der Waals surface area contributed by atoms with Crippen molar-refractivity contribution in [2.75, 3.05) is 0 Å². The van der Waals surface area contributed by atoms with Crippen molar-refractivity contribution in [2.24, 2.45) is 7.05 Å². The first-order chi connectivity index (χ1) is 15.5. The van der Waals surface area contributed by atoms with Crippen LogP contribution in [0.25, 0.3) is 11.0 Å². The van der Waals surface area contributed by atoms with Crippen LogP contribution in [-0.2, 0) is 37.9 Å². The second kappa shape index (κ2) is 9.44. The topological polar surface area (TPSA) is 85.9 Å². The maximum absolute atomic E-state index is 13.3. The molecule has 0 aliphatic heterocycles. The monoisotopic (exact) mass is 494 g/mol. The molecular weight excluding hydrogens is 472 g/mol. The molecule has 0 radical (unpaired) electrons. The second-order valence-corrected chi connectivity index (χ2v) is 8.32. The van der Waals surface area contributed by atoms with Crippen molar-refractivity contribution in [3.63, 3.8) is 0 Å². The standard InChI is InChI=1S/C23H23BrN6O2/c1-3-16-6-8-17(9-7-16)12-29(13-18-5-4-10-25-11-18)19(31)14-30-15-26-22-20(23(30)32)21(24)27-28(22)2/h4-11,15H,3,12-14H2,1-2H3. The molecule has 0 atom stereocenters. The van der Waals surface area contributed by atoms with Crippen LogP contribution in [-0.4, -0.2) is 35.1 Å².